The Hall–Kier alpha value is -2.31. The molecule has 0 aliphatic rings. The summed E-state index contributed by atoms with van der Waals surface area (Å²) in [7, 11) is 0. The van der Waals surface area contributed by atoms with Crippen molar-refractivity contribution in [2.24, 2.45) is 0 Å². The highest BCUT2D eigenvalue weighted by Crippen LogP contribution is 2.31. The van der Waals surface area contributed by atoms with Gasteiger partial charge < -0.3 is 21.0 Å². The molecule has 1 aromatic carbocycles. The number of aromatic nitrogens is 2. The van der Waals surface area contributed by atoms with Gasteiger partial charge in [-0.2, -0.15) is 0 Å². The molecule has 0 saturated heterocycles. The predicted octanol–water partition coefficient (Wildman–Crippen LogP) is 1.81. The number of rotatable bonds is 6. The lowest BCUT2D eigenvalue weighted by atomic mass is 10.2. The SMILES string of the molecule is CCNc1cc2c(NCC)[n+]([O-])n(O)c2cc1NCC. The van der Waals surface area contributed by atoms with Gasteiger partial charge in [0.15, 0.2) is 0 Å². The van der Waals surface area contributed by atoms with Gasteiger partial charge in [0.2, 0.25) is 0 Å². The van der Waals surface area contributed by atoms with Crippen molar-refractivity contribution in [1.82, 2.24) is 4.85 Å². The minimum atomic E-state index is 0.354. The first-order chi connectivity index (χ1) is 9.63. The number of fused-ring (bicyclic) bond motifs is 1. The molecule has 0 atom stereocenters. The normalized spacial score (nSPS) is 10.8. The summed E-state index contributed by atoms with van der Waals surface area (Å²) < 4.78 is 0. The van der Waals surface area contributed by atoms with Crippen molar-refractivity contribution in [1.29, 1.82) is 0 Å². The lowest BCUT2D eigenvalue weighted by Crippen LogP contribution is -2.38. The molecule has 0 amide bonds. The zero-order valence-corrected chi connectivity index (χ0v) is 12.0. The molecule has 0 radical (unpaired) electrons. The fourth-order valence-corrected chi connectivity index (χ4v) is 2.24. The molecule has 0 aliphatic carbocycles. The highest BCUT2D eigenvalue weighted by Gasteiger charge is 2.20. The lowest BCUT2D eigenvalue weighted by molar-refractivity contribution is -0.709. The molecule has 0 saturated carbocycles. The summed E-state index contributed by atoms with van der Waals surface area (Å²) in [5.74, 6) is 0.354. The molecular weight excluding hydrogens is 258 g/mol. The molecule has 0 fully saturated rings. The second-order valence-electron chi connectivity index (χ2n) is 4.42. The Labute approximate surface area is 117 Å². The summed E-state index contributed by atoms with van der Waals surface area (Å²) in [6.07, 6.45) is 0. The Morgan fingerprint density at radius 3 is 2.15 bits per heavy atom. The van der Waals surface area contributed by atoms with Crippen molar-refractivity contribution in [3.63, 3.8) is 0 Å². The average Bonchev–Trinajstić information content (AvgIpc) is 2.65. The first-order valence-electron chi connectivity index (χ1n) is 6.87. The number of hydrogen-bond donors (Lipinski definition) is 4. The molecule has 0 unspecified atom stereocenters. The Balaban J connectivity index is 2.66. The van der Waals surface area contributed by atoms with Crippen molar-refractivity contribution in [2.45, 2.75) is 20.8 Å². The van der Waals surface area contributed by atoms with Crippen LogP contribution in [0.15, 0.2) is 12.1 Å². The van der Waals surface area contributed by atoms with Crippen LogP contribution in [-0.2, 0) is 0 Å². The molecule has 0 spiro atoms. The molecule has 0 bridgehead atoms. The van der Waals surface area contributed by atoms with E-state index in [0.29, 0.717) is 33.0 Å². The van der Waals surface area contributed by atoms with Gasteiger partial charge in [-0.05, 0) is 37.7 Å². The van der Waals surface area contributed by atoms with Gasteiger partial charge in [0, 0.05) is 13.1 Å². The Morgan fingerprint density at radius 2 is 1.60 bits per heavy atom. The number of hydrogen-bond acceptors (Lipinski definition) is 5. The summed E-state index contributed by atoms with van der Waals surface area (Å²) in [5, 5.41) is 32.0. The molecule has 2 aromatic rings. The summed E-state index contributed by atoms with van der Waals surface area (Å²) in [4.78, 5) is 1.07. The van der Waals surface area contributed by atoms with Crippen LogP contribution in [0.4, 0.5) is 17.2 Å². The van der Waals surface area contributed by atoms with Gasteiger partial charge in [0.05, 0.1) is 23.3 Å². The first kappa shape index (κ1) is 14.1. The van der Waals surface area contributed by atoms with E-state index >= 15 is 0 Å². The minimum absolute atomic E-state index is 0.354. The zero-order chi connectivity index (χ0) is 14.7. The third-order valence-electron chi connectivity index (χ3n) is 3.05. The average molecular weight is 279 g/mol. The number of benzene rings is 1. The van der Waals surface area contributed by atoms with E-state index in [0.717, 1.165) is 24.5 Å². The summed E-state index contributed by atoms with van der Waals surface area (Å²) >= 11 is 0. The number of nitrogens with zero attached hydrogens (tertiary/aromatic N) is 2. The molecule has 110 valence electrons. The summed E-state index contributed by atoms with van der Waals surface area (Å²) in [5.41, 5.74) is 2.24. The second kappa shape index (κ2) is 5.77. The van der Waals surface area contributed by atoms with Crippen molar-refractivity contribution in [3.05, 3.63) is 17.3 Å². The van der Waals surface area contributed by atoms with Crippen LogP contribution >= 0.6 is 0 Å². The molecule has 4 N–H and O–H groups in total. The Morgan fingerprint density at radius 1 is 1.05 bits per heavy atom. The van der Waals surface area contributed by atoms with Crippen LogP contribution < -0.4 is 20.8 Å². The largest absolute Gasteiger partial charge is 0.690 e. The summed E-state index contributed by atoms with van der Waals surface area (Å²) in [6, 6.07) is 3.64. The maximum absolute atomic E-state index is 11.9. The van der Waals surface area contributed by atoms with E-state index in [1.165, 1.54) is 0 Å². The highest BCUT2D eigenvalue weighted by molar-refractivity contribution is 5.95. The van der Waals surface area contributed by atoms with Gasteiger partial charge in [-0.25, -0.2) is 0 Å². The minimum Gasteiger partial charge on any atom is -0.690 e. The van der Waals surface area contributed by atoms with Gasteiger partial charge >= 0.3 is 5.82 Å². The monoisotopic (exact) mass is 279 g/mol. The third-order valence-corrected chi connectivity index (χ3v) is 3.05. The number of nitrogens with one attached hydrogen (secondary N) is 3. The molecule has 7 nitrogen and oxygen atoms in total. The molecule has 1 aromatic heterocycles. The van der Waals surface area contributed by atoms with E-state index in [1.807, 2.05) is 26.8 Å². The van der Waals surface area contributed by atoms with Gasteiger partial charge in [-0.1, -0.05) is 0 Å². The van der Waals surface area contributed by atoms with Crippen molar-refractivity contribution in [2.75, 3.05) is 35.6 Å². The topological polar surface area (TPSA) is 88.2 Å². The fraction of sp³-hybridized carbons (Fsp3) is 0.462. The van der Waals surface area contributed by atoms with E-state index in [2.05, 4.69) is 16.0 Å². The maximum atomic E-state index is 11.9. The fourth-order valence-electron chi connectivity index (χ4n) is 2.24. The van der Waals surface area contributed by atoms with Crippen LogP contribution in [0.3, 0.4) is 0 Å². The van der Waals surface area contributed by atoms with Crippen LogP contribution in [0.2, 0.25) is 0 Å². The van der Waals surface area contributed by atoms with E-state index in [1.54, 1.807) is 6.07 Å². The molecule has 2 rings (SSSR count). The molecule has 7 heteroatoms. The quantitative estimate of drug-likeness (QED) is 0.368. The van der Waals surface area contributed by atoms with Crippen LogP contribution in [0.5, 0.6) is 0 Å². The number of anilines is 3. The van der Waals surface area contributed by atoms with E-state index < -0.39 is 0 Å². The van der Waals surface area contributed by atoms with Crippen LogP contribution in [0, 0.1) is 5.21 Å². The predicted molar refractivity (Wildman–Crippen MR) is 80.6 cm³/mol. The van der Waals surface area contributed by atoms with Crippen molar-refractivity contribution in [3.8, 4) is 0 Å². The van der Waals surface area contributed by atoms with Crippen molar-refractivity contribution < 1.29 is 10.1 Å². The third kappa shape index (κ3) is 2.26. The Bertz CT molecular complexity index is 609. The molecular formula is C13H21N5O2. The smallest absolute Gasteiger partial charge is 0.309 e. The van der Waals surface area contributed by atoms with E-state index in [-0.39, 0.29) is 0 Å². The van der Waals surface area contributed by atoms with E-state index in [9.17, 15) is 10.4 Å². The standard InChI is InChI=1S/C13H21N5O2/c1-4-14-10-7-9-12(8-11(10)15-5-2)17(19)18(20)13(9)16-6-3/h7-8,14-16,19H,4-6H2,1-3H3. The van der Waals surface area contributed by atoms with Gasteiger partial charge in [0.25, 0.3) is 0 Å². The van der Waals surface area contributed by atoms with E-state index in [4.69, 9.17) is 0 Å². The maximum Gasteiger partial charge on any atom is 0.309 e. The molecule has 20 heavy (non-hydrogen) atoms. The van der Waals surface area contributed by atoms with Gasteiger partial charge in [-0.15, -0.1) is 4.85 Å². The highest BCUT2D eigenvalue weighted by atomic mass is 16.6. The van der Waals surface area contributed by atoms with Gasteiger partial charge in [-0.3, -0.25) is 5.32 Å². The second-order valence-corrected chi connectivity index (χ2v) is 4.42. The van der Waals surface area contributed by atoms with Crippen LogP contribution in [-0.4, -0.2) is 29.7 Å². The Kier molecular flexibility index (Phi) is 4.07. The zero-order valence-electron chi connectivity index (χ0n) is 12.0. The van der Waals surface area contributed by atoms with Gasteiger partial charge in [0.1, 0.15) is 5.52 Å². The molecule has 0 aliphatic heterocycles. The lowest BCUT2D eigenvalue weighted by Gasteiger charge is -2.11. The molecule has 1 heterocycles. The van der Waals surface area contributed by atoms with Crippen LogP contribution in [0.25, 0.3) is 10.9 Å². The summed E-state index contributed by atoms with van der Waals surface area (Å²) in [6.45, 7) is 8.04. The first-order valence-corrected chi connectivity index (χ1v) is 6.87. The van der Waals surface area contributed by atoms with Crippen molar-refractivity contribution >= 4 is 28.1 Å². The van der Waals surface area contributed by atoms with Crippen LogP contribution in [0.1, 0.15) is 20.8 Å².